The van der Waals surface area contributed by atoms with Crippen LogP contribution in [0.15, 0.2) is 36.4 Å². The molecule has 0 aliphatic rings. The van der Waals surface area contributed by atoms with Gasteiger partial charge in [0, 0.05) is 11.6 Å². The van der Waals surface area contributed by atoms with Gasteiger partial charge in [0.2, 0.25) is 0 Å². The van der Waals surface area contributed by atoms with E-state index in [2.05, 4.69) is 5.32 Å². The Labute approximate surface area is 145 Å². The van der Waals surface area contributed by atoms with E-state index in [4.69, 9.17) is 4.74 Å². The number of aromatic hydroxyl groups is 1. The van der Waals surface area contributed by atoms with Crippen molar-refractivity contribution in [3.8, 4) is 16.9 Å². The Bertz CT molecular complexity index is 767. The van der Waals surface area contributed by atoms with Gasteiger partial charge >= 0.3 is 6.09 Å². The zero-order valence-corrected chi connectivity index (χ0v) is 14.6. The summed E-state index contributed by atoms with van der Waals surface area (Å²) in [7, 11) is 0. The molecule has 1 amide bonds. The van der Waals surface area contributed by atoms with Crippen LogP contribution in [-0.4, -0.2) is 16.8 Å². The van der Waals surface area contributed by atoms with Gasteiger partial charge < -0.3 is 15.2 Å². The van der Waals surface area contributed by atoms with E-state index in [0.717, 1.165) is 17.7 Å². The average molecular weight is 349 g/mol. The number of carbonyl (C=O) groups excluding carboxylic acids is 1. The highest BCUT2D eigenvalue weighted by Gasteiger charge is 2.18. The molecular formula is C19H21F2NO3. The van der Waals surface area contributed by atoms with Crippen LogP contribution >= 0.6 is 0 Å². The monoisotopic (exact) mass is 349 g/mol. The number of rotatable bonds is 3. The summed E-state index contributed by atoms with van der Waals surface area (Å²) in [6.45, 7) is 7.12. The molecule has 6 heteroatoms. The zero-order valence-electron chi connectivity index (χ0n) is 14.6. The number of hydrogen-bond donors (Lipinski definition) is 2. The molecule has 0 aliphatic carbocycles. The number of ether oxygens (including phenoxy) is 1. The van der Waals surface area contributed by atoms with Gasteiger partial charge in [-0.05, 0) is 44.9 Å². The maximum Gasteiger partial charge on any atom is 0.408 e. The minimum absolute atomic E-state index is 0.0506. The van der Waals surface area contributed by atoms with Crippen molar-refractivity contribution in [3.63, 3.8) is 0 Å². The molecule has 0 bridgehead atoms. The van der Waals surface area contributed by atoms with Crippen molar-refractivity contribution >= 4 is 6.09 Å². The molecule has 1 atom stereocenters. The second-order valence-corrected chi connectivity index (χ2v) is 6.77. The van der Waals surface area contributed by atoms with E-state index in [1.165, 1.54) is 0 Å². The van der Waals surface area contributed by atoms with E-state index >= 15 is 0 Å². The quantitative estimate of drug-likeness (QED) is 0.827. The molecule has 0 heterocycles. The Morgan fingerprint density at radius 1 is 1.12 bits per heavy atom. The van der Waals surface area contributed by atoms with E-state index in [1.807, 2.05) is 0 Å². The molecule has 0 saturated carbocycles. The van der Waals surface area contributed by atoms with E-state index in [9.17, 15) is 18.7 Å². The topological polar surface area (TPSA) is 58.6 Å². The zero-order chi connectivity index (χ0) is 18.8. The number of amides is 1. The standard InChI is InChI=1S/C19H21F2NO3/c1-11(22-18(24)25-19(2,3)4)12-5-7-13(8-6-12)14-9-16(21)17(23)10-15(14)20/h5-11,23H,1-4H3,(H,22,24)/t11-/m0/s1. The van der Waals surface area contributed by atoms with Crippen molar-refractivity contribution in [3.05, 3.63) is 53.6 Å². The minimum Gasteiger partial charge on any atom is -0.505 e. The summed E-state index contributed by atoms with van der Waals surface area (Å²) in [4.78, 5) is 11.8. The first-order chi connectivity index (χ1) is 11.6. The van der Waals surface area contributed by atoms with Crippen LogP contribution in [0.1, 0.15) is 39.3 Å². The summed E-state index contributed by atoms with van der Waals surface area (Å²) < 4.78 is 32.6. The van der Waals surface area contributed by atoms with Gasteiger partial charge in [-0.3, -0.25) is 0 Å². The first-order valence-corrected chi connectivity index (χ1v) is 7.84. The molecule has 0 unspecified atom stereocenters. The smallest absolute Gasteiger partial charge is 0.408 e. The number of halogens is 2. The molecule has 2 aromatic carbocycles. The third-order valence-electron chi connectivity index (χ3n) is 3.49. The maximum atomic E-state index is 13.9. The molecule has 2 aromatic rings. The highest BCUT2D eigenvalue weighted by Crippen LogP contribution is 2.29. The molecule has 0 spiro atoms. The molecule has 2 N–H and O–H groups in total. The number of hydrogen-bond acceptors (Lipinski definition) is 3. The fourth-order valence-corrected chi connectivity index (χ4v) is 2.28. The lowest BCUT2D eigenvalue weighted by molar-refractivity contribution is 0.0508. The summed E-state index contributed by atoms with van der Waals surface area (Å²) in [5.41, 5.74) is 0.710. The predicted molar refractivity (Wildman–Crippen MR) is 91.2 cm³/mol. The number of phenols is 1. The van der Waals surface area contributed by atoms with Crippen LogP contribution in [0.4, 0.5) is 13.6 Å². The summed E-state index contributed by atoms with van der Waals surface area (Å²) in [5.74, 6) is -2.33. The van der Waals surface area contributed by atoms with Crippen LogP contribution in [0.2, 0.25) is 0 Å². The third kappa shape index (κ3) is 4.92. The summed E-state index contributed by atoms with van der Waals surface area (Å²) in [5, 5.41) is 11.9. The second kappa shape index (κ2) is 7.09. The molecule has 4 nitrogen and oxygen atoms in total. The van der Waals surface area contributed by atoms with Crippen molar-refractivity contribution in [2.75, 3.05) is 0 Å². The Morgan fingerprint density at radius 2 is 1.72 bits per heavy atom. The van der Waals surface area contributed by atoms with Gasteiger partial charge in [0.15, 0.2) is 11.6 Å². The highest BCUT2D eigenvalue weighted by atomic mass is 19.1. The first-order valence-electron chi connectivity index (χ1n) is 7.84. The van der Waals surface area contributed by atoms with Crippen LogP contribution < -0.4 is 5.32 Å². The molecule has 0 radical (unpaired) electrons. The predicted octanol–water partition coefficient (Wildman–Crippen LogP) is 4.92. The van der Waals surface area contributed by atoms with Gasteiger partial charge in [-0.25, -0.2) is 13.6 Å². The lowest BCUT2D eigenvalue weighted by Gasteiger charge is -2.22. The molecule has 2 rings (SSSR count). The molecule has 134 valence electrons. The lowest BCUT2D eigenvalue weighted by atomic mass is 10.0. The fraction of sp³-hybridized carbons (Fsp3) is 0.316. The number of phenolic OH excluding ortho intramolecular Hbond substituents is 1. The molecule has 25 heavy (non-hydrogen) atoms. The second-order valence-electron chi connectivity index (χ2n) is 6.77. The Kier molecular flexibility index (Phi) is 5.30. The minimum atomic E-state index is -0.888. The molecule has 0 aliphatic heterocycles. The van der Waals surface area contributed by atoms with Crippen molar-refractivity contribution in [2.45, 2.75) is 39.3 Å². The number of nitrogens with one attached hydrogen (secondary N) is 1. The summed E-state index contributed by atoms with van der Waals surface area (Å²) in [6, 6.07) is 8.04. The molecule has 0 aromatic heterocycles. The molecule has 0 fully saturated rings. The van der Waals surface area contributed by atoms with Crippen molar-refractivity contribution in [2.24, 2.45) is 0 Å². The number of benzene rings is 2. The van der Waals surface area contributed by atoms with E-state index < -0.39 is 29.1 Å². The van der Waals surface area contributed by atoms with E-state index in [1.54, 1.807) is 52.0 Å². The number of carbonyl (C=O) groups is 1. The van der Waals surface area contributed by atoms with Crippen molar-refractivity contribution < 1.29 is 23.4 Å². The van der Waals surface area contributed by atoms with E-state index in [-0.39, 0.29) is 11.6 Å². The van der Waals surface area contributed by atoms with Gasteiger partial charge in [-0.2, -0.15) is 0 Å². The van der Waals surface area contributed by atoms with Gasteiger partial charge in [0.05, 0.1) is 6.04 Å². The summed E-state index contributed by atoms with van der Waals surface area (Å²) >= 11 is 0. The SMILES string of the molecule is C[C@H](NC(=O)OC(C)(C)C)c1ccc(-c2cc(F)c(O)cc2F)cc1. The largest absolute Gasteiger partial charge is 0.505 e. The Hall–Kier alpha value is -2.63. The van der Waals surface area contributed by atoms with E-state index in [0.29, 0.717) is 5.56 Å². The fourth-order valence-electron chi connectivity index (χ4n) is 2.28. The Morgan fingerprint density at radius 3 is 2.28 bits per heavy atom. The van der Waals surface area contributed by atoms with Crippen LogP contribution in [0, 0.1) is 11.6 Å². The third-order valence-corrected chi connectivity index (χ3v) is 3.49. The van der Waals surface area contributed by atoms with Crippen LogP contribution in [0.25, 0.3) is 11.1 Å². The molecule has 0 saturated heterocycles. The van der Waals surface area contributed by atoms with Gasteiger partial charge in [0.25, 0.3) is 0 Å². The molecular weight excluding hydrogens is 328 g/mol. The highest BCUT2D eigenvalue weighted by molar-refractivity contribution is 5.69. The number of alkyl carbamates (subject to hydrolysis) is 1. The van der Waals surface area contributed by atoms with Crippen LogP contribution in [0.5, 0.6) is 5.75 Å². The Balaban J connectivity index is 2.14. The van der Waals surface area contributed by atoms with Gasteiger partial charge in [-0.15, -0.1) is 0 Å². The lowest BCUT2D eigenvalue weighted by Crippen LogP contribution is -2.34. The summed E-state index contributed by atoms with van der Waals surface area (Å²) in [6.07, 6.45) is -0.532. The average Bonchev–Trinajstić information content (AvgIpc) is 2.49. The van der Waals surface area contributed by atoms with Gasteiger partial charge in [0.1, 0.15) is 11.4 Å². The normalized spacial score (nSPS) is 12.6. The van der Waals surface area contributed by atoms with Gasteiger partial charge in [-0.1, -0.05) is 24.3 Å². The van der Waals surface area contributed by atoms with Crippen molar-refractivity contribution in [1.29, 1.82) is 0 Å². The van der Waals surface area contributed by atoms with Crippen LogP contribution in [-0.2, 0) is 4.74 Å². The van der Waals surface area contributed by atoms with Crippen molar-refractivity contribution in [1.82, 2.24) is 5.32 Å². The first kappa shape index (κ1) is 18.7. The maximum absolute atomic E-state index is 13.9. The van der Waals surface area contributed by atoms with Crippen LogP contribution in [0.3, 0.4) is 0 Å².